The topological polar surface area (TPSA) is 42.5 Å². The highest BCUT2D eigenvalue weighted by molar-refractivity contribution is 5.84. The molecule has 0 amide bonds. The fraction of sp³-hybridized carbons (Fsp3) is 0.556. The van der Waals surface area contributed by atoms with E-state index in [2.05, 4.69) is 46.1 Å². The molecule has 2 aromatic rings. The van der Waals surface area contributed by atoms with Crippen molar-refractivity contribution in [1.29, 1.82) is 0 Å². The monoisotopic (exact) mass is 299 g/mol. The number of aliphatic hydroxyl groups is 1. The normalized spacial score (nSPS) is 27.2. The van der Waals surface area contributed by atoms with Gasteiger partial charge in [0.05, 0.1) is 5.60 Å². The molecule has 0 saturated carbocycles. The molecule has 1 aromatic carbocycles. The smallest absolute Gasteiger partial charge is 0.0900 e. The zero-order chi connectivity index (χ0) is 15.2. The highest BCUT2D eigenvalue weighted by atomic mass is 16.3. The van der Waals surface area contributed by atoms with Crippen LogP contribution >= 0.6 is 0 Å². The van der Waals surface area contributed by atoms with Crippen LogP contribution in [-0.2, 0) is 13.0 Å². The van der Waals surface area contributed by atoms with Gasteiger partial charge in [0.1, 0.15) is 0 Å². The van der Waals surface area contributed by atoms with Crippen molar-refractivity contribution in [3.8, 4) is 0 Å². The van der Waals surface area contributed by atoms with Gasteiger partial charge in [0, 0.05) is 49.2 Å². The van der Waals surface area contributed by atoms with Crippen LogP contribution in [0.1, 0.15) is 24.1 Å². The molecule has 2 N–H and O–H groups in total. The van der Waals surface area contributed by atoms with Gasteiger partial charge in [0.2, 0.25) is 0 Å². The predicted molar refractivity (Wildman–Crippen MR) is 89.0 cm³/mol. The fourth-order valence-electron chi connectivity index (χ4n) is 4.24. The van der Waals surface area contributed by atoms with Crippen molar-refractivity contribution < 1.29 is 5.11 Å². The van der Waals surface area contributed by atoms with Gasteiger partial charge in [0.25, 0.3) is 0 Å². The number of aromatic amines is 1. The van der Waals surface area contributed by atoms with E-state index in [1.807, 2.05) is 0 Å². The van der Waals surface area contributed by atoms with Crippen LogP contribution in [0.3, 0.4) is 0 Å². The second-order valence-corrected chi connectivity index (χ2v) is 7.15. The van der Waals surface area contributed by atoms with Gasteiger partial charge in [-0.3, -0.25) is 4.90 Å². The summed E-state index contributed by atoms with van der Waals surface area (Å²) < 4.78 is 0. The van der Waals surface area contributed by atoms with Crippen molar-refractivity contribution >= 4 is 10.9 Å². The molecular weight excluding hydrogens is 274 g/mol. The number of nitrogens with zero attached hydrogens (tertiary/aromatic N) is 2. The Morgan fingerprint density at radius 2 is 2.14 bits per heavy atom. The summed E-state index contributed by atoms with van der Waals surface area (Å²) >= 11 is 0. The Morgan fingerprint density at radius 1 is 1.27 bits per heavy atom. The van der Waals surface area contributed by atoms with E-state index in [1.165, 1.54) is 22.2 Å². The fourth-order valence-corrected chi connectivity index (χ4v) is 4.24. The Bertz CT molecular complexity index is 680. The van der Waals surface area contributed by atoms with Crippen LogP contribution in [-0.4, -0.2) is 58.7 Å². The lowest BCUT2D eigenvalue weighted by atomic mass is 9.91. The van der Waals surface area contributed by atoms with Crippen molar-refractivity contribution in [3.63, 3.8) is 0 Å². The minimum Gasteiger partial charge on any atom is -0.387 e. The molecule has 0 bridgehead atoms. The van der Waals surface area contributed by atoms with E-state index in [4.69, 9.17) is 0 Å². The molecule has 1 aromatic heterocycles. The number of hydrogen-bond acceptors (Lipinski definition) is 3. The summed E-state index contributed by atoms with van der Waals surface area (Å²) in [4.78, 5) is 8.25. The summed E-state index contributed by atoms with van der Waals surface area (Å²) in [5, 5.41) is 12.3. The van der Waals surface area contributed by atoms with E-state index in [0.29, 0.717) is 0 Å². The number of nitrogens with one attached hydrogen (secondary N) is 1. The molecular formula is C18H25N3O. The third kappa shape index (κ3) is 2.56. The maximum Gasteiger partial charge on any atom is 0.0900 e. The number of likely N-dealkylation sites (N-methyl/N-ethyl adjacent to an activating group) is 1. The van der Waals surface area contributed by atoms with Gasteiger partial charge < -0.3 is 15.0 Å². The molecule has 0 spiro atoms. The Kier molecular flexibility index (Phi) is 3.48. The molecule has 0 aliphatic carbocycles. The molecule has 4 rings (SSSR count). The molecule has 0 radical (unpaired) electrons. The van der Waals surface area contributed by atoms with Gasteiger partial charge in [-0.05, 0) is 38.1 Å². The molecule has 4 nitrogen and oxygen atoms in total. The first-order valence-electron chi connectivity index (χ1n) is 8.35. The van der Waals surface area contributed by atoms with Gasteiger partial charge in [-0.25, -0.2) is 0 Å². The highest BCUT2D eigenvalue weighted by Gasteiger charge is 2.34. The first kappa shape index (κ1) is 14.2. The average molecular weight is 299 g/mol. The van der Waals surface area contributed by atoms with Crippen molar-refractivity contribution in [2.75, 3.05) is 33.2 Å². The van der Waals surface area contributed by atoms with Crippen LogP contribution in [0.5, 0.6) is 0 Å². The molecule has 0 unspecified atom stereocenters. The number of piperidine rings is 1. The summed E-state index contributed by atoms with van der Waals surface area (Å²) in [5.74, 6) is 0. The van der Waals surface area contributed by atoms with Gasteiger partial charge in [-0.1, -0.05) is 18.2 Å². The van der Waals surface area contributed by atoms with Crippen molar-refractivity contribution in [1.82, 2.24) is 14.8 Å². The quantitative estimate of drug-likeness (QED) is 0.891. The number of benzene rings is 1. The Hall–Kier alpha value is -1.36. The number of β-amino-alcohol motifs (C(OH)–C–C–N with tert-alkyl or cyclic N) is 1. The summed E-state index contributed by atoms with van der Waals surface area (Å²) in [6, 6.07) is 8.56. The average Bonchev–Trinajstić information content (AvgIpc) is 2.85. The Balaban J connectivity index is 1.54. The molecule has 2 aliphatic heterocycles. The standard InChI is InChI=1S/C18H25N3O/c1-20-9-4-8-18(22,12-20)13-21-10-7-17-15(11-21)14-5-2-3-6-16(14)19-17/h2-3,5-6,19,22H,4,7-13H2,1H3/t18-/m0/s1. The van der Waals surface area contributed by atoms with Crippen LogP contribution in [0.25, 0.3) is 10.9 Å². The zero-order valence-electron chi connectivity index (χ0n) is 13.3. The maximum absolute atomic E-state index is 10.9. The number of fused-ring (bicyclic) bond motifs is 3. The lowest BCUT2D eigenvalue weighted by molar-refractivity contribution is -0.0495. The number of aromatic nitrogens is 1. The molecule has 1 atom stereocenters. The molecule has 1 fully saturated rings. The number of para-hydroxylation sites is 1. The summed E-state index contributed by atoms with van der Waals surface area (Å²) in [5.41, 5.74) is 3.50. The van der Waals surface area contributed by atoms with E-state index in [0.717, 1.165) is 52.0 Å². The zero-order valence-corrected chi connectivity index (χ0v) is 13.3. The van der Waals surface area contributed by atoms with E-state index >= 15 is 0 Å². The maximum atomic E-state index is 10.9. The number of likely N-dealkylation sites (tertiary alicyclic amines) is 1. The third-order valence-corrected chi connectivity index (χ3v) is 5.23. The summed E-state index contributed by atoms with van der Waals surface area (Å²) in [7, 11) is 2.11. The van der Waals surface area contributed by atoms with Gasteiger partial charge in [-0.15, -0.1) is 0 Å². The Morgan fingerprint density at radius 3 is 3.00 bits per heavy atom. The largest absolute Gasteiger partial charge is 0.387 e. The molecule has 2 aliphatic rings. The van der Waals surface area contributed by atoms with Crippen LogP contribution in [0.15, 0.2) is 24.3 Å². The van der Waals surface area contributed by atoms with Gasteiger partial charge in [-0.2, -0.15) is 0 Å². The third-order valence-electron chi connectivity index (χ3n) is 5.23. The van der Waals surface area contributed by atoms with Crippen LogP contribution in [0, 0.1) is 0 Å². The summed E-state index contributed by atoms with van der Waals surface area (Å²) in [6.45, 7) is 4.67. The van der Waals surface area contributed by atoms with Crippen LogP contribution < -0.4 is 0 Å². The molecule has 1 saturated heterocycles. The lowest BCUT2D eigenvalue weighted by Crippen LogP contribution is -2.53. The van der Waals surface area contributed by atoms with Crippen molar-refractivity contribution in [2.24, 2.45) is 0 Å². The minimum absolute atomic E-state index is 0.545. The van der Waals surface area contributed by atoms with E-state index in [-0.39, 0.29) is 0 Å². The second-order valence-electron chi connectivity index (χ2n) is 7.15. The van der Waals surface area contributed by atoms with Gasteiger partial charge >= 0.3 is 0 Å². The Labute approximate surface area is 131 Å². The molecule has 22 heavy (non-hydrogen) atoms. The highest BCUT2D eigenvalue weighted by Crippen LogP contribution is 2.29. The first-order chi connectivity index (χ1) is 10.6. The number of hydrogen-bond donors (Lipinski definition) is 2. The minimum atomic E-state index is -0.545. The molecule has 4 heteroatoms. The number of rotatable bonds is 2. The van der Waals surface area contributed by atoms with E-state index in [9.17, 15) is 5.11 Å². The van der Waals surface area contributed by atoms with E-state index in [1.54, 1.807) is 0 Å². The van der Waals surface area contributed by atoms with Gasteiger partial charge in [0.15, 0.2) is 0 Å². The van der Waals surface area contributed by atoms with E-state index < -0.39 is 5.60 Å². The van der Waals surface area contributed by atoms with Crippen molar-refractivity contribution in [2.45, 2.75) is 31.4 Å². The summed E-state index contributed by atoms with van der Waals surface area (Å²) in [6.07, 6.45) is 3.07. The van der Waals surface area contributed by atoms with Crippen LogP contribution in [0.4, 0.5) is 0 Å². The SMILES string of the molecule is CN1CCC[C@@](O)(CN2CCc3[nH]c4ccccc4c3C2)C1. The lowest BCUT2D eigenvalue weighted by Gasteiger charge is -2.41. The first-order valence-corrected chi connectivity index (χ1v) is 8.35. The van der Waals surface area contributed by atoms with Crippen LogP contribution in [0.2, 0.25) is 0 Å². The number of H-pyrrole nitrogens is 1. The molecule has 118 valence electrons. The predicted octanol–water partition coefficient (Wildman–Crippen LogP) is 1.98. The molecule has 3 heterocycles. The second kappa shape index (κ2) is 5.37. The van der Waals surface area contributed by atoms with Crippen molar-refractivity contribution in [3.05, 3.63) is 35.5 Å².